The smallest absolute Gasteiger partial charge is 0.199 e. The molecule has 0 amide bonds. The standard InChI is InChI=1S/C22H15Cl3OS/c23-18-7-1-15(2-8-18)13-21(22(26)17-5-11-20(25)12-6-17)27-14-16-3-9-19(24)10-4-16/h1-13H,14H2. The van der Waals surface area contributed by atoms with Gasteiger partial charge >= 0.3 is 0 Å². The van der Waals surface area contributed by atoms with Gasteiger partial charge in [0.2, 0.25) is 0 Å². The number of Topliss-reactive ketones (excluding diaryl/α,β-unsaturated/α-hetero) is 1. The first-order chi connectivity index (χ1) is 13.0. The number of hydrogen-bond acceptors (Lipinski definition) is 2. The topological polar surface area (TPSA) is 17.1 Å². The summed E-state index contributed by atoms with van der Waals surface area (Å²) in [6.45, 7) is 0. The van der Waals surface area contributed by atoms with Crippen LogP contribution in [0.5, 0.6) is 0 Å². The molecule has 3 rings (SSSR count). The van der Waals surface area contributed by atoms with Crippen molar-refractivity contribution in [1.82, 2.24) is 0 Å². The molecule has 0 unspecified atom stereocenters. The van der Waals surface area contributed by atoms with Crippen molar-refractivity contribution in [3.8, 4) is 0 Å². The molecule has 0 aliphatic carbocycles. The van der Waals surface area contributed by atoms with Gasteiger partial charge in [-0.15, -0.1) is 11.8 Å². The number of allylic oxidation sites excluding steroid dienone is 1. The van der Waals surface area contributed by atoms with Crippen molar-refractivity contribution in [2.75, 3.05) is 0 Å². The van der Waals surface area contributed by atoms with E-state index >= 15 is 0 Å². The van der Waals surface area contributed by atoms with Crippen LogP contribution in [0.1, 0.15) is 21.5 Å². The Kier molecular flexibility index (Phi) is 7.03. The molecule has 0 aliphatic rings. The second kappa shape index (κ2) is 9.48. The van der Waals surface area contributed by atoms with Crippen LogP contribution in [0.4, 0.5) is 0 Å². The average molecular weight is 434 g/mol. The van der Waals surface area contributed by atoms with Gasteiger partial charge in [-0.05, 0) is 65.7 Å². The molecule has 0 N–H and O–H groups in total. The van der Waals surface area contributed by atoms with Gasteiger partial charge in [0.1, 0.15) is 0 Å². The fourth-order valence-corrected chi connectivity index (χ4v) is 3.73. The zero-order chi connectivity index (χ0) is 19.2. The molecule has 5 heteroatoms. The molecule has 1 nitrogen and oxygen atoms in total. The van der Waals surface area contributed by atoms with Crippen LogP contribution in [0.2, 0.25) is 15.1 Å². The third-order valence-corrected chi connectivity index (χ3v) is 5.65. The summed E-state index contributed by atoms with van der Waals surface area (Å²) in [5.74, 6) is 0.621. The minimum atomic E-state index is -0.0411. The maximum absolute atomic E-state index is 13.0. The minimum absolute atomic E-state index is 0.0411. The molecule has 0 bridgehead atoms. The fourth-order valence-electron chi connectivity index (χ4n) is 2.37. The highest BCUT2D eigenvalue weighted by molar-refractivity contribution is 8.03. The van der Waals surface area contributed by atoms with Gasteiger partial charge in [-0.25, -0.2) is 0 Å². The van der Waals surface area contributed by atoms with Crippen LogP contribution in [0.15, 0.2) is 77.7 Å². The van der Waals surface area contributed by atoms with E-state index in [1.165, 1.54) is 11.8 Å². The molecular formula is C22H15Cl3OS. The molecule has 0 saturated carbocycles. The van der Waals surface area contributed by atoms with Crippen molar-refractivity contribution >= 4 is 58.4 Å². The monoisotopic (exact) mass is 432 g/mol. The van der Waals surface area contributed by atoms with Crippen molar-refractivity contribution in [2.45, 2.75) is 5.75 Å². The Morgan fingerprint density at radius 2 is 1.22 bits per heavy atom. The number of hydrogen-bond donors (Lipinski definition) is 0. The lowest BCUT2D eigenvalue weighted by atomic mass is 10.1. The van der Waals surface area contributed by atoms with E-state index in [4.69, 9.17) is 34.8 Å². The summed E-state index contributed by atoms with van der Waals surface area (Å²) < 4.78 is 0. The Hall–Kier alpha value is -1.71. The zero-order valence-electron chi connectivity index (χ0n) is 14.2. The van der Waals surface area contributed by atoms with Crippen LogP contribution in [0.25, 0.3) is 6.08 Å². The van der Waals surface area contributed by atoms with Gasteiger partial charge in [0.25, 0.3) is 0 Å². The Morgan fingerprint density at radius 1 is 0.741 bits per heavy atom. The summed E-state index contributed by atoms with van der Waals surface area (Å²) in [5, 5.41) is 1.95. The first-order valence-corrected chi connectivity index (χ1v) is 10.3. The van der Waals surface area contributed by atoms with Crippen LogP contribution >= 0.6 is 46.6 Å². The summed E-state index contributed by atoms with van der Waals surface area (Å²) >= 11 is 19.3. The number of benzene rings is 3. The maximum atomic E-state index is 13.0. The second-order valence-corrected chi connectivity index (χ2v) is 8.14. The number of rotatable bonds is 6. The maximum Gasteiger partial charge on any atom is 0.199 e. The van der Waals surface area contributed by atoms with E-state index in [2.05, 4.69) is 0 Å². The molecule has 0 spiro atoms. The van der Waals surface area contributed by atoms with Crippen LogP contribution in [-0.2, 0) is 5.75 Å². The molecular weight excluding hydrogens is 419 g/mol. The Bertz CT molecular complexity index is 946. The molecule has 0 heterocycles. The normalized spacial score (nSPS) is 11.4. The lowest BCUT2D eigenvalue weighted by Crippen LogP contribution is -2.01. The van der Waals surface area contributed by atoms with E-state index < -0.39 is 0 Å². The quantitative estimate of drug-likeness (QED) is 0.291. The van der Waals surface area contributed by atoms with E-state index in [1.54, 1.807) is 24.3 Å². The Balaban J connectivity index is 1.87. The summed E-state index contributed by atoms with van der Waals surface area (Å²) in [7, 11) is 0. The van der Waals surface area contributed by atoms with E-state index in [-0.39, 0.29) is 5.78 Å². The first-order valence-electron chi connectivity index (χ1n) is 8.16. The summed E-state index contributed by atoms with van der Waals surface area (Å²) in [6, 6.07) is 21.9. The highest BCUT2D eigenvalue weighted by Crippen LogP contribution is 2.28. The van der Waals surface area contributed by atoms with Gasteiger partial charge in [-0.1, -0.05) is 59.1 Å². The van der Waals surface area contributed by atoms with Crippen LogP contribution in [0.3, 0.4) is 0 Å². The fraction of sp³-hybridized carbons (Fsp3) is 0.0455. The number of ketones is 1. The molecule has 3 aromatic rings. The molecule has 136 valence electrons. The highest BCUT2D eigenvalue weighted by atomic mass is 35.5. The van der Waals surface area contributed by atoms with Crippen molar-refractivity contribution < 1.29 is 4.79 Å². The SMILES string of the molecule is O=C(C(=Cc1ccc(Cl)cc1)SCc1ccc(Cl)cc1)c1ccc(Cl)cc1. The van der Waals surface area contributed by atoms with Crippen molar-refractivity contribution in [3.05, 3.63) is 109 Å². The summed E-state index contributed by atoms with van der Waals surface area (Å²) in [5.41, 5.74) is 2.61. The van der Waals surface area contributed by atoms with Gasteiger partial charge in [-0.3, -0.25) is 4.79 Å². The van der Waals surface area contributed by atoms with Gasteiger partial charge in [-0.2, -0.15) is 0 Å². The lowest BCUT2D eigenvalue weighted by molar-refractivity contribution is 0.104. The summed E-state index contributed by atoms with van der Waals surface area (Å²) in [4.78, 5) is 13.7. The second-order valence-electron chi connectivity index (χ2n) is 5.81. The molecule has 0 aromatic heterocycles. The Morgan fingerprint density at radius 3 is 1.78 bits per heavy atom. The van der Waals surface area contributed by atoms with Crippen LogP contribution < -0.4 is 0 Å². The third-order valence-electron chi connectivity index (χ3n) is 3.81. The van der Waals surface area contributed by atoms with E-state index in [1.807, 2.05) is 54.6 Å². The van der Waals surface area contributed by atoms with Gasteiger partial charge < -0.3 is 0 Å². The Labute approximate surface area is 178 Å². The van der Waals surface area contributed by atoms with Gasteiger partial charge in [0, 0.05) is 26.4 Å². The zero-order valence-corrected chi connectivity index (χ0v) is 17.2. The van der Waals surface area contributed by atoms with Crippen molar-refractivity contribution in [2.24, 2.45) is 0 Å². The molecule has 0 atom stereocenters. The lowest BCUT2D eigenvalue weighted by Gasteiger charge is -2.08. The minimum Gasteiger partial charge on any atom is -0.288 e. The molecule has 0 saturated heterocycles. The third kappa shape index (κ3) is 5.88. The van der Waals surface area contributed by atoms with Crippen molar-refractivity contribution in [3.63, 3.8) is 0 Å². The summed E-state index contributed by atoms with van der Waals surface area (Å²) in [6.07, 6.45) is 1.88. The molecule has 3 aromatic carbocycles. The number of halogens is 3. The van der Waals surface area contributed by atoms with E-state index in [0.717, 1.165) is 11.1 Å². The van der Waals surface area contributed by atoms with Crippen LogP contribution in [-0.4, -0.2) is 5.78 Å². The van der Waals surface area contributed by atoms with Crippen molar-refractivity contribution in [1.29, 1.82) is 0 Å². The molecule has 27 heavy (non-hydrogen) atoms. The molecule has 0 fully saturated rings. The van der Waals surface area contributed by atoms with Gasteiger partial charge in [0.05, 0.1) is 4.91 Å². The average Bonchev–Trinajstić information content (AvgIpc) is 2.68. The highest BCUT2D eigenvalue weighted by Gasteiger charge is 2.14. The number of thioether (sulfide) groups is 1. The van der Waals surface area contributed by atoms with E-state index in [0.29, 0.717) is 31.3 Å². The molecule has 0 aliphatic heterocycles. The first kappa shape index (κ1) is 20.0. The number of carbonyl (C=O) groups excluding carboxylic acids is 1. The van der Waals surface area contributed by atoms with Crippen LogP contribution in [0, 0.1) is 0 Å². The van der Waals surface area contributed by atoms with E-state index in [9.17, 15) is 4.79 Å². The predicted molar refractivity (Wildman–Crippen MR) is 118 cm³/mol. The van der Waals surface area contributed by atoms with Gasteiger partial charge in [0.15, 0.2) is 5.78 Å². The molecule has 0 radical (unpaired) electrons. The largest absolute Gasteiger partial charge is 0.288 e. The number of carbonyl (C=O) groups is 1. The predicted octanol–water partition coefficient (Wildman–Crippen LogP) is 7.80.